The first-order valence-corrected chi connectivity index (χ1v) is 11.5. The highest BCUT2D eigenvalue weighted by Crippen LogP contribution is 2.23. The molecule has 0 saturated carbocycles. The second-order valence-corrected chi connectivity index (χ2v) is 8.41. The average molecular weight is 442 g/mol. The fraction of sp³-hybridized carbons (Fsp3) is 0.286. The molecule has 0 atom stereocenters. The van der Waals surface area contributed by atoms with Crippen molar-refractivity contribution < 1.29 is 9.53 Å². The topological polar surface area (TPSA) is 56.2 Å². The summed E-state index contributed by atoms with van der Waals surface area (Å²) in [5.74, 6) is 1.92. The molecule has 5 nitrogen and oxygen atoms in total. The average Bonchev–Trinajstić information content (AvgIpc) is 3.16. The number of nitrogens with one attached hydrogen (secondary N) is 1. The van der Waals surface area contributed by atoms with E-state index in [4.69, 9.17) is 9.72 Å². The summed E-state index contributed by atoms with van der Waals surface area (Å²) < 4.78 is 8.35. The summed E-state index contributed by atoms with van der Waals surface area (Å²) >= 11 is 0. The molecule has 4 rings (SSSR count). The van der Waals surface area contributed by atoms with E-state index < -0.39 is 0 Å². The lowest BCUT2D eigenvalue weighted by Gasteiger charge is -2.13. The SMILES string of the molecule is Cc1ccccc1C(=O)NCCc1nc2ccccc2n1CCCOc1c(C)cccc1C. The summed E-state index contributed by atoms with van der Waals surface area (Å²) in [6, 6.07) is 22.0. The van der Waals surface area contributed by atoms with Crippen LogP contribution in [0.5, 0.6) is 5.75 Å². The van der Waals surface area contributed by atoms with Gasteiger partial charge in [-0.05, 0) is 62.1 Å². The number of ether oxygens (including phenoxy) is 1. The van der Waals surface area contributed by atoms with E-state index in [-0.39, 0.29) is 5.91 Å². The van der Waals surface area contributed by atoms with Crippen molar-refractivity contribution in [2.75, 3.05) is 13.2 Å². The molecule has 1 amide bonds. The number of rotatable bonds is 9. The van der Waals surface area contributed by atoms with Crippen LogP contribution >= 0.6 is 0 Å². The molecule has 1 heterocycles. The first-order valence-electron chi connectivity index (χ1n) is 11.5. The van der Waals surface area contributed by atoms with Gasteiger partial charge in [-0.3, -0.25) is 4.79 Å². The molecule has 4 aromatic rings. The first-order chi connectivity index (χ1) is 16.0. The molecule has 0 aliphatic carbocycles. The fourth-order valence-electron chi connectivity index (χ4n) is 4.20. The first kappa shape index (κ1) is 22.6. The van der Waals surface area contributed by atoms with Crippen LogP contribution in [-0.2, 0) is 13.0 Å². The molecule has 0 unspecified atom stereocenters. The number of hydrogen-bond donors (Lipinski definition) is 1. The zero-order valence-electron chi connectivity index (χ0n) is 19.6. The van der Waals surface area contributed by atoms with Gasteiger partial charge < -0.3 is 14.6 Å². The lowest BCUT2D eigenvalue weighted by molar-refractivity contribution is 0.0953. The molecule has 1 N–H and O–H groups in total. The molecule has 0 spiro atoms. The minimum atomic E-state index is -0.0437. The van der Waals surface area contributed by atoms with Crippen LogP contribution in [-0.4, -0.2) is 28.6 Å². The lowest BCUT2D eigenvalue weighted by Crippen LogP contribution is -2.27. The number of carbonyl (C=O) groups excluding carboxylic acids is 1. The molecule has 170 valence electrons. The summed E-state index contributed by atoms with van der Waals surface area (Å²) in [6.07, 6.45) is 1.54. The number of imidazole rings is 1. The van der Waals surface area contributed by atoms with E-state index in [2.05, 4.69) is 48.0 Å². The van der Waals surface area contributed by atoms with Crippen LogP contribution in [0.4, 0.5) is 0 Å². The molecule has 33 heavy (non-hydrogen) atoms. The van der Waals surface area contributed by atoms with Gasteiger partial charge in [0.2, 0.25) is 0 Å². The third-order valence-electron chi connectivity index (χ3n) is 5.94. The molecule has 0 aliphatic rings. The summed E-state index contributed by atoms with van der Waals surface area (Å²) in [7, 11) is 0. The van der Waals surface area contributed by atoms with Gasteiger partial charge in [0.25, 0.3) is 5.91 Å². The zero-order chi connectivity index (χ0) is 23.2. The molecular weight excluding hydrogens is 410 g/mol. The van der Waals surface area contributed by atoms with Gasteiger partial charge in [-0.25, -0.2) is 4.98 Å². The maximum Gasteiger partial charge on any atom is 0.251 e. The fourth-order valence-corrected chi connectivity index (χ4v) is 4.20. The zero-order valence-corrected chi connectivity index (χ0v) is 19.6. The van der Waals surface area contributed by atoms with E-state index in [1.165, 1.54) is 0 Å². The maximum atomic E-state index is 12.6. The molecule has 0 radical (unpaired) electrons. The number of aromatic nitrogens is 2. The van der Waals surface area contributed by atoms with Crippen molar-refractivity contribution in [2.24, 2.45) is 0 Å². The van der Waals surface area contributed by atoms with Crippen LogP contribution in [0.15, 0.2) is 66.7 Å². The Morgan fingerprint density at radius 2 is 1.61 bits per heavy atom. The van der Waals surface area contributed by atoms with Gasteiger partial charge in [0.05, 0.1) is 17.6 Å². The number of carbonyl (C=O) groups is 1. The van der Waals surface area contributed by atoms with Gasteiger partial charge >= 0.3 is 0 Å². The van der Waals surface area contributed by atoms with Crippen molar-refractivity contribution in [3.63, 3.8) is 0 Å². The Hall–Kier alpha value is -3.60. The Balaban J connectivity index is 1.40. The summed E-state index contributed by atoms with van der Waals surface area (Å²) in [6.45, 7) is 8.10. The monoisotopic (exact) mass is 441 g/mol. The van der Waals surface area contributed by atoms with Gasteiger partial charge in [-0.15, -0.1) is 0 Å². The minimum Gasteiger partial charge on any atom is -0.493 e. The molecule has 1 aromatic heterocycles. The summed E-state index contributed by atoms with van der Waals surface area (Å²) in [4.78, 5) is 17.4. The van der Waals surface area contributed by atoms with Gasteiger partial charge in [0.15, 0.2) is 0 Å². The van der Waals surface area contributed by atoms with Gasteiger partial charge in [-0.2, -0.15) is 0 Å². The van der Waals surface area contributed by atoms with E-state index >= 15 is 0 Å². The Kier molecular flexibility index (Phi) is 7.08. The van der Waals surface area contributed by atoms with Crippen LogP contribution in [0.3, 0.4) is 0 Å². The Morgan fingerprint density at radius 3 is 2.39 bits per heavy atom. The van der Waals surface area contributed by atoms with E-state index in [9.17, 15) is 4.79 Å². The predicted octanol–water partition coefficient (Wildman–Crippen LogP) is 5.40. The third-order valence-corrected chi connectivity index (χ3v) is 5.94. The molecule has 0 saturated heterocycles. The highest BCUT2D eigenvalue weighted by molar-refractivity contribution is 5.95. The van der Waals surface area contributed by atoms with Crippen molar-refractivity contribution in [3.05, 3.63) is 94.8 Å². The van der Waals surface area contributed by atoms with Crippen molar-refractivity contribution in [1.82, 2.24) is 14.9 Å². The van der Waals surface area contributed by atoms with Crippen molar-refractivity contribution in [3.8, 4) is 5.75 Å². The smallest absolute Gasteiger partial charge is 0.251 e. The van der Waals surface area contributed by atoms with E-state index in [0.29, 0.717) is 19.6 Å². The molecular formula is C28H31N3O2. The third kappa shape index (κ3) is 5.25. The molecule has 0 fully saturated rings. The van der Waals surface area contributed by atoms with Crippen molar-refractivity contribution in [2.45, 2.75) is 40.2 Å². The van der Waals surface area contributed by atoms with Crippen LogP contribution in [0, 0.1) is 20.8 Å². The largest absolute Gasteiger partial charge is 0.493 e. The number of amides is 1. The number of fused-ring (bicyclic) bond motifs is 1. The van der Waals surface area contributed by atoms with Gasteiger partial charge in [0.1, 0.15) is 11.6 Å². The van der Waals surface area contributed by atoms with Gasteiger partial charge in [0, 0.05) is 25.1 Å². The van der Waals surface area contributed by atoms with Crippen LogP contribution in [0.25, 0.3) is 11.0 Å². The number of nitrogens with zero attached hydrogens (tertiary/aromatic N) is 2. The van der Waals surface area contributed by atoms with Crippen molar-refractivity contribution in [1.29, 1.82) is 0 Å². The predicted molar refractivity (Wildman–Crippen MR) is 133 cm³/mol. The van der Waals surface area contributed by atoms with E-state index in [0.717, 1.165) is 57.8 Å². The molecule has 0 aliphatic heterocycles. The van der Waals surface area contributed by atoms with Crippen LogP contribution < -0.4 is 10.1 Å². The van der Waals surface area contributed by atoms with Crippen molar-refractivity contribution >= 4 is 16.9 Å². The molecule has 3 aromatic carbocycles. The summed E-state index contributed by atoms with van der Waals surface area (Å²) in [5.41, 5.74) is 6.11. The number of para-hydroxylation sites is 3. The number of aryl methyl sites for hydroxylation is 4. The number of hydrogen-bond acceptors (Lipinski definition) is 3. The van der Waals surface area contributed by atoms with E-state index in [1.54, 1.807) is 0 Å². The summed E-state index contributed by atoms with van der Waals surface area (Å²) in [5, 5.41) is 3.04. The van der Waals surface area contributed by atoms with Gasteiger partial charge in [-0.1, -0.05) is 48.5 Å². The Morgan fingerprint density at radius 1 is 0.909 bits per heavy atom. The second kappa shape index (κ2) is 10.3. The van der Waals surface area contributed by atoms with E-state index in [1.807, 2.05) is 49.4 Å². The normalized spacial score (nSPS) is 11.0. The maximum absolute atomic E-state index is 12.6. The Bertz CT molecular complexity index is 1240. The van der Waals surface area contributed by atoms with Crippen LogP contribution in [0.1, 0.15) is 39.3 Å². The molecule has 0 bridgehead atoms. The quantitative estimate of drug-likeness (QED) is 0.354. The minimum absolute atomic E-state index is 0.0437. The Labute approximate surface area is 195 Å². The lowest BCUT2D eigenvalue weighted by atomic mass is 10.1. The second-order valence-electron chi connectivity index (χ2n) is 8.41. The molecule has 5 heteroatoms. The number of benzene rings is 3. The standard InChI is InChI=1S/C28H31N3O2/c1-20-10-4-5-13-23(20)28(32)29-17-16-26-30-24-14-6-7-15-25(24)31(26)18-9-19-33-27-21(2)11-8-12-22(27)3/h4-8,10-15H,9,16-19H2,1-3H3,(H,29,32). The highest BCUT2D eigenvalue weighted by atomic mass is 16.5. The highest BCUT2D eigenvalue weighted by Gasteiger charge is 2.12. The van der Waals surface area contributed by atoms with Crippen LogP contribution in [0.2, 0.25) is 0 Å².